The van der Waals surface area contributed by atoms with Crippen molar-refractivity contribution in [1.29, 1.82) is 0 Å². The molecule has 1 unspecified atom stereocenters. The van der Waals surface area contributed by atoms with Crippen LogP contribution in [0.3, 0.4) is 0 Å². The quantitative estimate of drug-likeness (QED) is 0.914. The van der Waals surface area contributed by atoms with Crippen LogP contribution in [0, 0.1) is 0 Å². The summed E-state index contributed by atoms with van der Waals surface area (Å²) < 4.78 is 5.16. The van der Waals surface area contributed by atoms with Crippen LogP contribution in [0.2, 0.25) is 0 Å². The SMILES string of the molecule is COc1ccc(C(C)CC(=O)N2CCNC[C@H]2C)cc1. The molecule has 1 N–H and O–H groups in total. The van der Waals surface area contributed by atoms with Gasteiger partial charge in [-0.3, -0.25) is 4.79 Å². The van der Waals surface area contributed by atoms with Crippen LogP contribution in [-0.4, -0.2) is 43.6 Å². The third kappa shape index (κ3) is 3.51. The van der Waals surface area contributed by atoms with Gasteiger partial charge in [-0.25, -0.2) is 0 Å². The van der Waals surface area contributed by atoms with Gasteiger partial charge in [-0.2, -0.15) is 0 Å². The van der Waals surface area contributed by atoms with Crippen molar-refractivity contribution in [2.24, 2.45) is 0 Å². The van der Waals surface area contributed by atoms with Crippen LogP contribution in [0.5, 0.6) is 5.75 Å². The smallest absolute Gasteiger partial charge is 0.223 e. The Labute approximate surface area is 121 Å². The van der Waals surface area contributed by atoms with Crippen molar-refractivity contribution in [2.45, 2.75) is 32.2 Å². The van der Waals surface area contributed by atoms with Crippen molar-refractivity contribution in [3.8, 4) is 5.75 Å². The highest BCUT2D eigenvalue weighted by atomic mass is 16.5. The van der Waals surface area contributed by atoms with Gasteiger partial charge in [0, 0.05) is 32.1 Å². The number of carbonyl (C=O) groups excluding carboxylic acids is 1. The number of piperazine rings is 1. The third-order valence-corrected chi connectivity index (χ3v) is 3.99. The molecule has 1 heterocycles. The van der Waals surface area contributed by atoms with Crippen molar-refractivity contribution >= 4 is 5.91 Å². The zero-order valence-corrected chi connectivity index (χ0v) is 12.6. The number of methoxy groups -OCH3 is 1. The molecule has 1 amide bonds. The lowest BCUT2D eigenvalue weighted by Crippen LogP contribution is -2.52. The molecule has 1 aromatic carbocycles. The highest BCUT2D eigenvalue weighted by Crippen LogP contribution is 2.23. The lowest BCUT2D eigenvalue weighted by atomic mass is 9.96. The number of hydrogen-bond donors (Lipinski definition) is 1. The maximum absolute atomic E-state index is 12.4. The highest BCUT2D eigenvalue weighted by molar-refractivity contribution is 5.77. The van der Waals surface area contributed by atoms with Crippen LogP contribution in [0.1, 0.15) is 31.7 Å². The zero-order chi connectivity index (χ0) is 14.5. The Morgan fingerprint density at radius 3 is 2.75 bits per heavy atom. The van der Waals surface area contributed by atoms with Gasteiger partial charge in [-0.1, -0.05) is 19.1 Å². The Morgan fingerprint density at radius 2 is 2.15 bits per heavy atom. The highest BCUT2D eigenvalue weighted by Gasteiger charge is 2.24. The van der Waals surface area contributed by atoms with E-state index in [9.17, 15) is 4.79 Å². The topological polar surface area (TPSA) is 41.6 Å². The summed E-state index contributed by atoms with van der Waals surface area (Å²) in [5, 5.41) is 3.31. The van der Waals surface area contributed by atoms with E-state index in [0.717, 1.165) is 25.4 Å². The van der Waals surface area contributed by atoms with Gasteiger partial charge in [0.05, 0.1) is 7.11 Å². The molecular formula is C16H24N2O2. The molecule has 1 saturated heterocycles. The first-order valence-electron chi connectivity index (χ1n) is 7.26. The van der Waals surface area contributed by atoms with E-state index in [1.807, 2.05) is 29.2 Å². The van der Waals surface area contributed by atoms with Crippen molar-refractivity contribution in [3.05, 3.63) is 29.8 Å². The normalized spacial score (nSPS) is 20.6. The lowest BCUT2D eigenvalue weighted by molar-refractivity contribution is -0.134. The maximum atomic E-state index is 12.4. The molecule has 2 atom stereocenters. The van der Waals surface area contributed by atoms with E-state index < -0.39 is 0 Å². The van der Waals surface area contributed by atoms with Gasteiger partial charge in [0.25, 0.3) is 0 Å². The standard InChI is InChI=1S/C16H24N2O2/c1-12(14-4-6-15(20-3)7-5-14)10-16(19)18-9-8-17-11-13(18)2/h4-7,12-13,17H,8-11H2,1-3H3/t12?,13-/m1/s1. The molecule has 1 aliphatic heterocycles. The first-order chi connectivity index (χ1) is 9.61. The summed E-state index contributed by atoms with van der Waals surface area (Å²) in [6.07, 6.45) is 0.566. The Morgan fingerprint density at radius 1 is 1.45 bits per heavy atom. The predicted molar refractivity (Wildman–Crippen MR) is 80.1 cm³/mol. The average Bonchev–Trinajstić information content (AvgIpc) is 2.47. The van der Waals surface area contributed by atoms with Crippen LogP contribution >= 0.6 is 0 Å². The van der Waals surface area contributed by atoms with Gasteiger partial charge in [-0.15, -0.1) is 0 Å². The van der Waals surface area contributed by atoms with Crippen molar-refractivity contribution in [3.63, 3.8) is 0 Å². The van der Waals surface area contributed by atoms with E-state index in [2.05, 4.69) is 19.2 Å². The van der Waals surface area contributed by atoms with Gasteiger partial charge >= 0.3 is 0 Å². The van der Waals surface area contributed by atoms with Gasteiger partial charge in [0.2, 0.25) is 5.91 Å². The number of nitrogens with one attached hydrogen (secondary N) is 1. The molecule has 0 bridgehead atoms. The van der Waals surface area contributed by atoms with Crippen molar-refractivity contribution in [1.82, 2.24) is 10.2 Å². The molecule has 1 aliphatic rings. The van der Waals surface area contributed by atoms with Crippen LogP contribution < -0.4 is 10.1 Å². The van der Waals surface area contributed by atoms with E-state index in [0.29, 0.717) is 12.5 Å². The monoisotopic (exact) mass is 276 g/mol. The van der Waals surface area contributed by atoms with E-state index in [4.69, 9.17) is 4.74 Å². The first-order valence-corrected chi connectivity index (χ1v) is 7.26. The Hall–Kier alpha value is -1.55. The summed E-state index contributed by atoms with van der Waals surface area (Å²) in [5.41, 5.74) is 1.18. The van der Waals surface area contributed by atoms with Crippen LogP contribution in [0.4, 0.5) is 0 Å². The molecule has 110 valence electrons. The maximum Gasteiger partial charge on any atom is 0.223 e. The summed E-state index contributed by atoms with van der Waals surface area (Å²) >= 11 is 0. The molecule has 0 radical (unpaired) electrons. The number of carbonyl (C=O) groups is 1. The zero-order valence-electron chi connectivity index (χ0n) is 12.6. The number of ether oxygens (including phenoxy) is 1. The summed E-state index contributed by atoms with van der Waals surface area (Å²) in [5.74, 6) is 1.33. The number of hydrogen-bond acceptors (Lipinski definition) is 3. The van der Waals surface area contributed by atoms with Crippen molar-refractivity contribution in [2.75, 3.05) is 26.7 Å². The fraction of sp³-hybridized carbons (Fsp3) is 0.562. The van der Waals surface area contributed by atoms with Gasteiger partial charge in [0.15, 0.2) is 0 Å². The van der Waals surface area contributed by atoms with Gasteiger partial charge < -0.3 is 15.0 Å². The molecule has 1 aromatic rings. The second-order valence-corrected chi connectivity index (χ2v) is 5.52. The largest absolute Gasteiger partial charge is 0.497 e. The molecule has 2 rings (SSSR count). The van der Waals surface area contributed by atoms with Gasteiger partial charge in [-0.05, 0) is 30.5 Å². The first kappa shape index (κ1) is 14.9. The molecule has 4 nitrogen and oxygen atoms in total. The molecule has 0 saturated carbocycles. The lowest BCUT2D eigenvalue weighted by Gasteiger charge is -2.34. The van der Waals surface area contributed by atoms with Crippen LogP contribution in [0.15, 0.2) is 24.3 Å². The second-order valence-electron chi connectivity index (χ2n) is 5.52. The Bertz CT molecular complexity index is 444. The number of rotatable bonds is 4. The van der Waals surface area contributed by atoms with E-state index >= 15 is 0 Å². The Balaban J connectivity index is 1.95. The summed E-state index contributed by atoms with van der Waals surface area (Å²) in [6, 6.07) is 8.27. The minimum absolute atomic E-state index is 0.232. The Kier molecular flexibility index (Phi) is 5.01. The van der Waals surface area contributed by atoms with E-state index in [-0.39, 0.29) is 11.8 Å². The fourth-order valence-corrected chi connectivity index (χ4v) is 2.64. The third-order valence-electron chi connectivity index (χ3n) is 3.99. The minimum Gasteiger partial charge on any atom is -0.497 e. The van der Waals surface area contributed by atoms with Crippen LogP contribution in [-0.2, 0) is 4.79 Å². The fourth-order valence-electron chi connectivity index (χ4n) is 2.64. The molecule has 0 aromatic heterocycles. The van der Waals surface area contributed by atoms with Crippen LogP contribution in [0.25, 0.3) is 0 Å². The molecule has 0 spiro atoms. The van der Waals surface area contributed by atoms with Gasteiger partial charge in [0.1, 0.15) is 5.75 Å². The number of nitrogens with zero attached hydrogens (tertiary/aromatic N) is 1. The average molecular weight is 276 g/mol. The summed E-state index contributed by atoms with van der Waals surface area (Å²) in [6.45, 7) is 6.81. The molecular weight excluding hydrogens is 252 g/mol. The van der Waals surface area contributed by atoms with Crippen molar-refractivity contribution < 1.29 is 9.53 Å². The summed E-state index contributed by atoms with van der Waals surface area (Å²) in [7, 11) is 1.66. The number of benzene rings is 1. The minimum atomic E-state index is 0.232. The predicted octanol–water partition coefficient (Wildman–Crippen LogP) is 2.01. The summed E-state index contributed by atoms with van der Waals surface area (Å²) in [4.78, 5) is 14.4. The molecule has 1 fully saturated rings. The molecule has 20 heavy (non-hydrogen) atoms. The van der Waals surface area contributed by atoms with E-state index in [1.165, 1.54) is 5.56 Å². The number of amides is 1. The molecule has 4 heteroatoms. The second kappa shape index (κ2) is 6.75. The molecule has 0 aliphatic carbocycles. The van der Waals surface area contributed by atoms with E-state index in [1.54, 1.807) is 7.11 Å².